The number of nitrogens with one attached hydrogen (secondary N) is 1. The van der Waals surface area contributed by atoms with Crippen molar-refractivity contribution in [2.24, 2.45) is 0 Å². The maximum Gasteiger partial charge on any atom is 0.147 e. The van der Waals surface area contributed by atoms with Gasteiger partial charge in [0.05, 0.1) is 11.6 Å². The molecule has 1 N–H and O–H groups in total. The highest BCUT2D eigenvalue weighted by molar-refractivity contribution is 6.33. The van der Waals surface area contributed by atoms with Gasteiger partial charge in [0.2, 0.25) is 0 Å². The second-order valence-electron chi connectivity index (χ2n) is 5.10. The van der Waals surface area contributed by atoms with Crippen LogP contribution < -0.4 is 10.2 Å². The number of anilines is 1. The lowest BCUT2D eigenvalue weighted by Gasteiger charge is -2.23. The summed E-state index contributed by atoms with van der Waals surface area (Å²) in [5.41, 5.74) is 2.50. The standard InChI is InChI=1S/C14H20ClN3O/c15-12-10-11-2-4-16-5-3-13(11)17-14(12)18-6-1-8-19-9-7-18/h10,16H,1-9H2. The summed E-state index contributed by atoms with van der Waals surface area (Å²) in [6.07, 6.45) is 3.05. The molecule has 0 amide bonds. The summed E-state index contributed by atoms with van der Waals surface area (Å²) >= 11 is 6.44. The highest BCUT2D eigenvalue weighted by Crippen LogP contribution is 2.28. The Hall–Kier alpha value is -0.840. The lowest BCUT2D eigenvalue weighted by atomic mass is 10.1. The zero-order valence-corrected chi connectivity index (χ0v) is 11.9. The molecule has 1 aromatic heterocycles. The van der Waals surface area contributed by atoms with Gasteiger partial charge < -0.3 is 15.0 Å². The predicted molar refractivity (Wildman–Crippen MR) is 77.2 cm³/mol. The van der Waals surface area contributed by atoms with Crippen LogP contribution in [0.2, 0.25) is 5.02 Å². The number of hydrogen-bond donors (Lipinski definition) is 1. The van der Waals surface area contributed by atoms with Crippen LogP contribution in [0.15, 0.2) is 6.07 Å². The fraction of sp³-hybridized carbons (Fsp3) is 0.643. The van der Waals surface area contributed by atoms with E-state index >= 15 is 0 Å². The zero-order chi connectivity index (χ0) is 13.1. The lowest BCUT2D eigenvalue weighted by molar-refractivity contribution is 0.152. The van der Waals surface area contributed by atoms with Gasteiger partial charge in [-0.25, -0.2) is 4.98 Å². The molecule has 2 aliphatic rings. The Morgan fingerprint density at radius 3 is 3.05 bits per heavy atom. The number of aromatic nitrogens is 1. The molecule has 2 aliphatic heterocycles. The number of ether oxygens (including phenoxy) is 1. The number of hydrogen-bond acceptors (Lipinski definition) is 4. The van der Waals surface area contributed by atoms with Crippen molar-refractivity contribution in [3.05, 3.63) is 22.3 Å². The number of pyridine rings is 1. The first-order chi connectivity index (χ1) is 9.34. The van der Waals surface area contributed by atoms with Gasteiger partial charge in [-0.1, -0.05) is 11.6 Å². The van der Waals surface area contributed by atoms with Crippen molar-refractivity contribution in [3.63, 3.8) is 0 Å². The highest BCUT2D eigenvalue weighted by Gasteiger charge is 2.18. The van der Waals surface area contributed by atoms with E-state index in [1.165, 1.54) is 11.3 Å². The van der Waals surface area contributed by atoms with Crippen molar-refractivity contribution in [2.75, 3.05) is 44.3 Å². The summed E-state index contributed by atoms with van der Waals surface area (Å²) in [6.45, 7) is 5.47. The molecule has 1 fully saturated rings. The number of rotatable bonds is 1. The molecule has 3 heterocycles. The van der Waals surface area contributed by atoms with Crippen LogP contribution in [-0.2, 0) is 17.6 Å². The molecule has 0 radical (unpaired) electrons. The van der Waals surface area contributed by atoms with Crippen LogP contribution in [0.5, 0.6) is 0 Å². The fourth-order valence-electron chi connectivity index (χ4n) is 2.72. The molecule has 3 rings (SSSR count). The Balaban J connectivity index is 1.90. The molecular weight excluding hydrogens is 262 g/mol. The normalized spacial score (nSPS) is 20.6. The third-order valence-electron chi connectivity index (χ3n) is 3.76. The van der Waals surface area contributed by atoms with Crippen LogP contribution in [-0.4, -0.2) is 44.4 Å². The smallest absolute Gasteiger partial charge is 0.147 e. The second-order valence-corrected chi connectivity index (χ2v) is 5.51. The fourth-order valence-corrected chi connectivity index (χ4v) is 3.01. The van der Waals surface area contributed by atoms with Crippen molar-refractivity contribution < 1.29 is 4.74 Å². The lowest BCUT2D eigenvalue weighted by Crippen LogP contribution is -2.27. The number of nitrogens with zero attached hydrogens (tertiary/aromatic N) is 2. The van der Waals surface area contributed by atoms with Crippen LogP contribution >= 0.6 is 11.6 Å². The van der Waals surface area contributed by atoms with Gasteiger partial charge in [-0.3, -0.25) is 0 Å². The highest BCUT2D eigenvalue weighted by atomic mass is 35.5. The molecular formula is C14H20ClN3O. The van der Waals surface area contributed by atoms with E-state index in [1.807, 2.05) is 0 Å². The maximum atomic E-state index is 6.44. The van der Waals surface area contributed by atoms with Crippen LogP contribution in [0.25, 0.3) is 0 Å². The molecule has 0 saturated carbocycles. The van der Waals surface area contributed by atoms with E-state index in [2.05, 4.69) is 16.3 Å². The van der Waals surface area contributed by atoms with Crippen molar-refractivity contribution >= 4 is 17.4 Å². The van der Waals surface area contributed by atoms with Crippen molar-refractivity contribution in [2.45, 2.75) is 19.3 Å². The third kappa shape index (κ3) is 3.02. The van der Waals surface area contributed by atoms with E-state index in [0.717, 1.165) is 69.5 Å². The van der Waals surface area contributed by atoms with Crippen LogP contribution in [0.4, 0.5) is 5.82 Å². The molecule has 4 nitrogen and oxygen atoms in total. The van der Waals surface area contributed by atoms with Gasteiger partial charge in [0, 0.05) is 38.4 Å². The SMILES string of the molecule is Clc1cc2c(nc1N1CCCOCC1)CCNCC2. The van der Waals surface area contributed by atoms with E-state index in [9.17, 15) is 0 Å². The van der Waals surface area contributed by atoms with E-state index in [0.29, 0.717) is 0 Å². The Bertz CT molecular complexity index is 445. The summed E-state index contributed by atoms with van der Waals surface area (Å²) in [6, 6.07) is 2.11. The summed E-state index contributed by atoms with van der Waals surface area (Å²) in [7, 11) is 0. The van der Waals surface area contributed by atoms with Gasteiger partial charge in [0.1, 0.15) is 5.82 Å². The summed E-state index contributed by atoms with van der Waals surface area (Å²) in [5, 5.41) is 4.19. The van der Waals surface area contributed by atoms with E-state index < -0.39 is 0 Å². The van der Waals surface area contributed by atoms with Crippen molar-refractivity contribution in [3.8, 4) is 0 Å². The first-order valence-corrected chi connectivity index (χ1v) is 7.44. The van der Waals surface area contributed by atoms with E-state index in [1.54, 1.807) is 0 Å². The molecule has 19 heavy (non-hydrogen) atoms. The number of halogens is 1. The average Bonchev–Trinajstić information content (AvgIpc) is 2.79. The number of fused-ring (bicyclic) bond motifs is 1. The molecule has 1 saturated heterocycles. The molecule has 0 bridgehead atoms. The maximum absolute atomic E-state index is 6.44. The van der Waals surface area contributed by atoms with E-state index in [-0.39, 0.29) is 0 Å². The molecule has 1 aromatic rings. The van der Waals surface area contributed by atoms with Gasteiger partial charge in [-0.05, 0) is 31.0 Å². The Morgan fingerprint density at radius 2 is 2.11 bits per heavy atom. The first kappa shape index (κ1) is 13.2. The van der Waals surface area contributed by atoms with Crippen molar-refractivity contribution in [1.29, 1.82) is 0 Å². The second kappa shape index (κ2) is 6.07. The zero-order valence-electron chi connectivity index (χ0n) is 11.1. The summed E-state index contributed by atoms with van der Waals surface area (Å²) < 4.78 is 5.50. The molecule has 0 atom stereocenters. The quantitative estimate of drug-likeness (QED) is 0.849. The topological polar surface area (TPSA) is 37.4 Å². The summed E-state index contributed by atoms with van der Waals surface area (Å²) in [5.74, 6) is 0.938. The molecule has 104 valence electrons. The monoisotopic (exact) mass is 281 g/mol. The molecule has 0 spiro atoms. The average molecular weight is 282 g/mol. The Morgan fingerprint density at radius 1 is 1.21 bits per heavy atom. The van der Waals surface area contributed by atoms with Crippen LogP contribution in [0, 0.1) is 0 Å². The molecule has 0 unspecified atom stereocenters. The Kier molecular flexibility index (Phi) is 4.21. The third-order valence-corrected chi connectivity index (χ3v) is 4.04. The van der Waals surface area contributed by atoms with Crippen molar-refractivity contribution in [1.82, 2.24) is 10.3 Å². The minimum absolute atomic E-state index is 0.761. The van der Waals surface area contributed by atoms with Gasteiger partial charge in [-0.15, -0.1) is 0 Å². The van der Waals surface area contributed by atoms with Gasteiger partial charge in [-0.2, -0.15) is 0 Å². The van der Waals surface area contributed by atoms with E-state index in [4.69, 9.17) is 21.3 Å². The van der Waals surface area contributed by atoms with Crippen LogP contribution in [0.3, 0.4) is 0 Å². The molecule has 0 aliphatic carbocycles. The molecule has 0 aromatic carbocycles. The largest absolute Gasteiger partial charge is 0.380 e. The minimum atomic E-state index is 0.761. The predicted octanol–water partition coefficient (Wildman–Crippen LogP) is 1.65. The Labute approximate surface area is 119 Å². The summed E-state index contributed by atoms with van der Waals surface area (Å²) in [4.78, 5) is 7.09. The van der Waals surface area contributed by atoms with Gasteiger partial charge in [0.25, 0.3) is 0 Å². The van der Waals surface area contributed by atoms with Gasteiger partial charge >= 0.3 is 0 Å². The van der Waals surface area contributed by atoms with Crippen LogP contribution in [0.1, 0.15) is 17.7 Å². The minimum Gasteiger partial charge on any atom is -0.380 e. The first-order valence-electron chi connectivity index (χ1n) is 7.06. The molecule has 5 heteroatoms. The van der Waals surface area contributed by atoms with Gasteiger partial charge in [0.15, 0.2) is 0 Å².